The van der Waals surface area contributed by atoms with Crippen LogP contribution in [0.25, 0.3) is 10.9 Å². The van der Waals surface area contributed by atoms with E-state index in [-0.39, 0.29) is 17.9 Å². The molecule has 0 aliphatic carbocycles. The van der Waals surface area contributed by atoms with Crippen LogP contribution < -0.4 is 5.32 Å². The Balaban J connectivity index is 2.19. The van der Waals surface area contributed by atoms with Gasteiger partial charge in [-0.05, 0) is 18.6 Å². The highest BCUT2D eigenvalue weighted by Gasteiger charge is 2.38. The number of methoxy groups -OCH3 is 1. The summed E-state index contributed by atoms with van der Waals surface area (Å²) in [6, 6.07) is 8.19. The van der Waals surface area contributed by atoms with Crippen LogP contribution in [0.1, 0.15) is 30.1 Å². The largest absolute Gasteiger partial charge is 0.468 e. The molecule has 0 radical (unpaired) electrons. The Bertz CT molecular complexity index is 735. The summed E-state index contributed by atoms with van der Waals surface area (Å²) in [4.78, 5) is 17.9. The zero-order valence-electron chi connectivity index (χ0n) is 13.1. The average Bonchev–Trinajstić information content (AvgIpc) is 2.94. The first-order chi connectivity index (χ1) is 10.6. The number of H-pyrrole nitrogens is 1. The van der Waals surface area contributed by atoms with E-state index in [1.165, 1.54) is 7.11 Å². The van der Waals surface area contributed by atoms with Gasteiger partial charge < -0.3 is 19.9 Å². The van der Waals surface area contributed by atoms with Gasteiger partial charge in [0.05, 0.1) is 19.0 Å². The molecule has 0 spiro atoms. The lowest BCUT2D eigenvalue weighted by Gasteiger charge is -2.39. The number of benzene rings is 1. The van der Waals surface area contributed by atoms with Gasteiger partial charge >= 0.3 is 5.97 Å². The molecule has 0 fully saturated rings. The molecule has 2 aromatic rings. The molecule has 22 heavy (non-hydrogen) atoms. The van der Waals surface area contributed by atoms with Crippen LogP contribution in [0, 0.1) is 0 Å². The first-order valence-electron chi connectivity index (χ1n) is 7.40. The van der Waals surface area contributed by atoms with Crippen LogP contribution in [0.3, 0.4) is 0 Å². The van der Waals surface area contributed by atoms with E-state index in [0.717, 1.165) is 28.0 Å². The van der Waals surface area contributed by atoms with E-state index in [0.29, 0.717) is 6.54 Å². The predicted molar refractivity (Wildman–Crippen MR) is 86.4 cm³/mol. The Morgan fingerprint density at radius 3 is 2.86 bits per heavy atom. The molecule has 116 valence electrons. The maximum atomic E-state index is 12.3. The van der Waals surface area contributed by atoms with Gasteiger partial charge in [-0.1, -0.05) is 24.8 Å². The molecule has 2 N–H and O–H groups in total. The predicted octanol–water partition coefficient (Wildman–Crippen LogP) is 2.49. The molecule has 2 heterocycles. The molecule has 0 bridgehead atoms. The van der Waals surface area contributed by atoms with Gasteiger partial charge in [0, 0.05) is 30.2 Å². The van der Waals surface area contributed by atoms with Gasteiger partial charge in [0.1, 0.15) is 5.92 Å². The molecule has 0 saturated heterocycles. The third kappa shape index (κ3) is 2.04. The highest BCUT2D eigenvalue weighted by molar-refractivity contribution is 5.92. The van der Waals surface area contributed by atoms with Crippen molar-refractivity contribution in [3.63, 3.8) is 0 Å². The second-order valence-electron chi connectivity index (χ2n) is 5.60. The van der Waals surface area contributed by atoms with Crippen LogP contribution in [-0.4, -0.2) is 36.6 Å². The number of carbonyl (C=O) groups excluding carboxylic acids is 1. The zero-order chi connectivity index (χ0) is 15.9. The van der Waals surface area contributed by atoms with Gasteiger partial charge in [0.15, 0.2) is 0 Å². The molecule has 2 unspecified atom stereocenters. The molecule has 0 amide bonds. The second kappa shape index (κ2) is 5.40. The van der Waals surface area contributed by atoms with Crippen molar-refractivity contribution in [2.24, 2.45) is 0 Å². The second-order valence-corrected chi connectivity index (χ2v) is 5.60. The summed E-state index contributed by atoms with van der Waals surface area (Å²) in [7, 11) is 3.27. The molecule has 5 heteroatoms. The van der Waals surface area contributed by atoms with Gasteiger partial charge in [-0.15, -0.1) is 0 Å². The lowest BCUT2D eigenvalue weighted by molar-refractivity contribution is -0.143. The quantitative estimate of drug-likeness (QED) is 0.855. The number of aromatic amines is 1. The van der Waals surface area contributed by atoms with Crippen molar-refractivity contribution in [1.82, 2.24) is 15.2 Å². The van der Waals surface area contributed by atoms with Crippen LogP contribution >= 0.6 is 0 Å². The molecule has 5 nitrogen and oxygen atoms in total. The van der Waals surface area contributed by atoms with Crippen LogP contribution in [0.2, 0.25) is 0 Å². The number of hydrogen-bond donors (Lipinski definition) is 2. The summed E-state index contributed by atoms with van der Waals surface area (Å²) in [5.74, 6) is 0.259. The Morgan fingerprint density at radius 1 is 1.45 bits per heavy atom. The Hall–Kier alpha value is -2.43. The van der Waals surface area contributed by atoms with Crippen molar-refractivity contribution < 1.29 is 9.53 Å². The standard InChI is InChI=1S/C17H21N3O2/c1-10-16-15(12-7-5-6-8-14(12)19-16)13(17(21)22-4)9-20(10)11(2)18-3/h5-8,10,13,18-19H,2,9H2,1,3-4H3. The molecule has 0 saturated carbocycles. The Kier molecular flexibility index (Phi) is 3.56. The smallest absolute Gasteiger partial charge is 0.315 e. The molecular weight excluding hydrogens is 278 g/mol. The van der Waals surface area contributed by atoms with Gasteiger partial charge in [-0.3, -0.25) is 4.79 Å². The summed E-state index contributed by atoms with van der Waals surface area (Å²) < 4.78 is 5.03. The van der Waals surface area contributed by atoms with Gasteiger partial charge in [0.25, 0.3) is 0 Å². The number of esters is 1. The minimum atomic E-state index is -0.322. The van der Waals surface area contributed by atoms with Crippen LogP contribution in [0.15, 0.2) is 36.7 Å². The fraction of sp³-hybridized carbons (Fsp3) is 0.353. The maximum absolute atomic E-state index is 12.3. The van der Waals surface area contributed by atoms with E-state index in [1.54, 1.807) is 0 Å². The first-order valence-corrected chi connectivity index (χ1v) is 7.40. The Morgan fingerprint density at radius 2 is 2.18 bits per heavy atom. The molecule has 1 aromatic carbocycles. The number of para-hydroxylation sites is 1. The van der Waals surface area contributed by atoms with Crippen LogP contribution in [-0.2, 0) is 9.53 Å². The maximum Gasteiger partial charge on any atom is 0.315 e. The average molecular weight is 299 g/mol. The molecule has 1 aliphatic heterocycles. The zero-order valence-corrected chi connectivity index (χ0v) is 13.1. The number of rotatable bonds is 3. The lowest BCUT2D eigenvalue weighted by atomic mass is 9.88. The summed E-state index contributed by atoms with van der Waals surface area (Å²) in [5.41, 5.74) is 3.15. The van der Waals surface area contributed by atoms with Gasteiger partial charge in [0.2, 0.25) is 0 Å². The minimum Gasteiger partial charge on any atom is -0.468 e. The Labute approximate surface area is 129 Å². The third-order valence-electron chi connectivity index (χ3n) is 4.51. The first kappa shape index (κ1) is 14.5. The fourth-order valence-electron chi connectivity index (χ4n) is 3.31. The van der Waals surface area contributed by atoms with Crippen LogP contribution in [0.4, 0.5) is 0 Å². The van der Waals surface area contributed by atoms with E-state index >= 15 is 0 Å². The fourth-order valence-corrected chi connectivity index (χ4v) is 3.31. The number of hydrogen-bond acceptors (Lipinski definition) is 4. The molecular formula is C17H21N3O2. The van der Waals surface area contributed by atoms with Crippen molar-refractivity contribution in [3.05, 3.63) is 47.9 Å². The molecule has 1 aliphatic rings. The number of fused-ring (bicyclic) bond motifs is 3. The normalized spacial score (nSPS) is 20.6. The van der Waals surface area contributed by atoms with Gasteiger partial charge in [-0.2, -0.15) is 0 Å². The van der Waals surface area contributed by atoms with E-state index in [9.17, 15) is 4.79 Å². The minimum absolute atomic E-state index is 0.114. The lowest BCUT2D eigenvalue weighted by Crippen LogP contribution is -2.41. The van der Waals surface area contributed by atoms with E-state index in [2.05, 4.69) is 34.8 Å². The van der Waals surface area contributed by atoms with Crippen LogP contribution in [0.5, 0.6) is 0 Å². The number of nitrogens with zero attached hydrogens (tertiary/aromatic N) is 1. The topological polar surface area (TPSA) is 57.4 Å². The van der Waals surface area contributed by atoms with Crippen molar-refractivity contribution in [1.29, 1.82) is 0 Å². The summed E-state index contributed by atoms with van der Waals surface area (Å²) in [6.07, 6.45) is 0. The number of carbonyl (C=O) groups is 1. The van der Waals surface area contributed by atoms with E-state index in [4.69, 9.17) is 4.74 Å². The van der Waals surface area contributed by atoms with E-state index < -0.39 is 0 Å². The SMILES string of the molecule is C=C(NC)N1CC(C(=O)OC)c2c([nH]c3ccccc23)C1C. The van der Waals surface area contributed by atoms with Crippen molar-refractivity contribution in [2.75, 3.05) is 20.7 Å². The molecule has 1 aromatic heterocycles. The van der Waals surface area contributed by atoms with E-state index in [1.807, 2.05) is 25.2 Å². The summed E-state index contributed by atoms with van der Waals surface area (Å²) in [5, 5.41) is 4.16. The monoisotopic (exact) mass is 299 g/mol. The molecule has 2 atom stereocenters. The third-order valence-corrected chi connectivity index (χ3v) is 4.51. The number of aromatic nitrogens is 1. The summed E-state index contributed by atoms with van der Waals surface area (Å²) >= 11 is 0. The number of ether oxygens (including phenoxy) is 1. The highest BCUT2D eigenvalue weighted by atomic mass is 16.5. The molecule has 3 rings (SSSR count). The number of nitrogens with one attached hydrogen (secondary N) is 2. The summed E-state index contributed by atoms with van der Waals surface area (Å²) in [6.45, 7) is 6.72. The van der Waals surface area contributed by atoms with Gasteiger partial charge in [-0.25, -0.2) is 0 Å². The van der Waals surface area contributed by atoms with Crippen molar-refractivity contribution in [2.45, 2.75) is 18.9 Å². The van der Waals surface area contributed by atoms with Crippen molar-refractivity contribution in [3.8, 4) is 0 Å². The van der Waals surface area contributed by atoms with Crippen molar-refractivity contribution >= 4 is 16.9 Å². The highest BCUT2D eigenvalue weighted by Crippen LogP contribution is 2.41.